The number of benzene rings is 2. The monoisotopic (exact) mass is 385 g/mol. The standard InChI is InChI=1S/C17H14Cl2FNO4/c1-9(25-17(23)12-5-4-11(20)8-13(12)19)16(22)21-14-7-10(18)3-6-15(14)24-2/h3-9H,1-2H3,(H,21,22)/t9-/m1/s1. The number of ether oxygens (including phenoxy) is 2. The van der Waals surface area contributed by atoms with Gasteiger partial charge in [0.15, 0.2) is 6.10 Å². The lowest BCUT2D eigenvalue weighted by atomic mass is 10.2. The van der Waals surface area contributed by atoms with Crippen molar-refractivity contribution in [1.82, 2.24) is 0 Å². The molecule has 0 spiro atoms. The van der Waals surface area contributed by atoms with Crippen LogP contribution in [0.4, 0.5) is 10.1 Å². The number of amides is 1. The summed E-state index contributed by atoms with van der Waals surface area (Å²) in [7, 11) is 1.44. The number of hydrogen-bond acceptors (Lipinski definition) is 4. The number of carbonyl (C=O) groups excluding carboxylic acids is 2. The molecule has 1 atom stereocenters. The van der Waals surface area contributed by atoms with Crippen LogP contribution < -0.4 is 10.1 Å². The average Bonchev–Trinajstić information content (AvgIpc) is 2.54. The maximum absolute atomic E-state index is 13.0. The van der Waals surface area contributed by atoms with Crippen LogP contribution in [0, 0.1) is 5.82 Å². The van der Waals surface area contributed by atoms with Crippen LogP contribution in [0.25, 0.3) is 0 Å². The molecule has 1 N–H and O–H groups in total. The van der Waals surface area contributed by atoms with Gasteiger partial charge in [-0.2, -0.15) is 0 Å². The van der Waals surface area contributed by atoms with Crippen molar-refractivity contribution in [3.63, 3.8) is 0 Å². The molecule has 0 radical (unpaired) electrons. The van der Waals surface area contributed by atoms with Gasteiger partial charge in [-0.15, -0.1) is 0 Å². The van der Waals surface area contributed by atoms with E-state index in [1.807, 2.05) is 0 Å². The van der Waals surface area contributed by atoms with Crippen LogP contribution in [0.2, 0.25) is 10.0 Å². The summed E-state index contributed by atoms with van der Waals surface area (Å²) in [6.45, 7) is 1.39. The average molecular weight is 386 g/mol. The first-order valence-electron chi connectivity index (χ1n) is 7.12. The highest BCUT2D eigenvalue weighted by Gasteiger charge is 2.22. The van der Waals surface area contributed by atoms with Crippen LogP contribution in [-0.2, 0) is 9.53 Å². The zero-order chi connectivity index (χ0) is 18.6. The minimum Gasteiger partial charge on any atom is -0.495 e. The van der Waals surface area contributed by atoms with Crippen LogP contribution in [-0.4, -0.2) is 25.1 Å². The molecule has 8 heteroatoms. The van der Waals surface area contributed by atoms with Gasteiger partial charge in [0.2, 0.25) is 0 Å². The first kappa shape index (κ1) is 19.0. The molecule has 25 heavy (non-hydrogen) atoms. The Kier molecular flexibility index (Phi) is 6.22. The first-order chi connectivity index (χ1) is 11.8. The Balaban J connectivity index is 2.07. The lowest BCUT2D eigenvalue weighted by Gasteiger charge is -2.15. The first-order valence-corrected chi connectivity index (χ1v) is 7.88. The van der Waals surface area contributed by atoms with Gasteiger partial charge in [-0.05, 0) is 43.3 Å². The Hall–Kier alpha value is -2.31. The smallest absolute Gasteiger partial charge is 0.340 e. The van der Waals surface area contributed by atoms with Gasteiger partial charge in [-0.1, -0.05) is 23.2 Å². The number of methoxy groups -OCH3 is 1. The third-order valence-corrected chi connectivity index (χ3v) is 3.77. The fourth-order valence-corrected chi connectivity index (χ4v) is 2.36. The second-order valence-electron chi connectivity index (χ2n) is 5.01. The van der Waals surface area contributed by atoms with E-state index in [9.17, 15) is 14.0 Å². The van der Waals surface area contributed by atoms with Crippen molar-refractivity contribution in [2.75, 3.05) is 12.4 Å². The summed E-state index contributed by atoms with van der Waals surface area (Å²) in [6.07, 6.45) is -1.13. The Labute approximate surface area is 153 Å². The molecule has 0 unspecified atom stereocenters. The van der Waals surface area contributed by atoms with E-state index in [0.717, 1.165) is 12.1 Å². The highest BCUT2D eigenvalue weighted by molar-refractivity contribution is 6.33. The number of carbonyl (C=O) groups is 2. The van der Waals surface area contributed by atoms with Crippen LogP contribution >= 0.6 is 23.2 Å². The molecule has 132 valence electrons. The normalized spacial score (nSPS) is 11.6. The summed E-state index contributed by atoms with van der Waals surface area (Å²) >= 11 is 11.7. The molecule has 0 aliphatic heterocycles. The molecule has 0 aliphatic carbocycles. The number of anilines is 1. The minimum absolute atomic E-state index is 0.0388. The van der Waals surface area contributed by atoms with Gasteiger partial charge in [0.1, 0.15) is 11.6 Å². The van der Waals surface area contributed by atoms with Gasteiger partial charge in [0.25, 0.3) is 5.91 Å². The Morgan fingerprint density at radius 1 is 1.16 bits per heavy atom. The van der Waals surface area contributed by atoms with Crippen LogP contribution in [0.15, 0.2) is 36.4 Å². The SMILES string of the molecule is COc1ccc(Cl)cc1NC(=O)[C@@H](C)OC(=O)c1ccc(F)cc1Cl. The Morgan fingerprint density at radius 2 is 1.88 bits per heavy atom. The van der Waals surface area contributed by atoms with Gasteiger partial charge in [-0.3, -0.25) is 4.79 Å². The zero-order valence-corrected chi connectivity index (χ0v) is 14.8. The summed E-state index contributed by atoms with van der Waals surface area (Å²) in [5.41, 5.74) is 0.297. The van der Waals surface area contributed by atoms with Crippen LogP contribution in [0.1, 0.15) is 17.3 Å². The molecule has 0 bridgehead atoms. The molecule has 2 aromatic carbocycles. The van der Waals surface area contributed by atoms with E-state index >= 15 is 0 Å². The van der Waals surface area contributed by atoms with Crippen molar-refractivity contribution in [2.45, 2.75) is 13.0 Å². The summed E-state index contributed by atoms with van der Waals surface area (Å²) in [6, 6.07) is 7.95. The quantitative estimate of drug-likeness (QED) is 0.778. The maximum atomic E-state index is 13.0. The number of hydrogen-bond donors (Lipinski definition) is 1. The van der Waals surface area contributed by atoms with Gasteiger partial charge in [0, 0.05) is 5.02 Å². The number of nitrogens with one attached hydrogen (secondary N) is 1. The van der Waals surface area contributed by atoms with Crippen molar-refractivity contribution < 1.29 is 23.5 Å². The second-order valence-corrected chi connectivity index (χ2v) is 5.85. The van der Waals surface area contributed by atoms with Crippen molar-refractivity contribution in [1.29, 1.82) is 0 Å². The van der Waals surface area contributed by atoms with E-state index in [4.69, 9.17) is 32.7 Å². The number of rotatable bonds is 5. The van der Waals surface area contributed by atoms with Crippen molar-refractivity contribution in [3.8, 4) is 5.75 Å². The van der Waals surface area contributed by atoms with Gasteiger partial charge in [0.05, 0.1) is 23.4 Å². The maximum Gasteiger partial charge on any atom is 0.340 e. The topological polar surface area (TPSA) is 64.6 Å². The van der Waals surface area contributed by atoms with E-state index < -0.39 is 23.8 Å². The van der Waals surface area contributed by atoms with E-state index in [2.05, 4.69) is 5.32 Å². The number of halogens is 3. The van der Waals surface area contributed by atoms with E-state index in [0.29, 0.717) is 16.5 Å². The summed E-state index contributed by atoms with van der Waals surface area (Å²) < 4.78 is 23.2. The third-order valence-electron chi connectivity index (χ3n) is 3.22. The van der Waals surface area contributed by atoms with Gasteiger partial charge < -0.3 is 14.8 Å². The van der Waals surface area contributed by atoms with E-state index in [-0.39, 0.29) is 10.6 Å². The van der Waals surface area contributed by atoms with Crippen molar-refractivity contribution >= 4 is 40.8 Å². The predicted molar refractivity (Wildman–Crippen MR) is 92.9 cm³/mol. The Morgan fingerprint density at radius 3 is 2.52 bits per heavy atom. The lowest BCUT2D eigenvalue weighted by molar-refractivity contribution is -0.123. The molecule has 0 aliphatic rings. The highest BCUT2D eigenvalue weighted by Crippen LogP contribution is 2.28. The molecule has 0 aromatic heterocycles. The molecule has 2 aromatic rings. The predicted octanol–water partition coefficient (Wildman–Crippen LogP) is 4.33. The largest absolute Gasteiger partial charge is 0.495 e. The fourth-order valence-electron chi connectivity index (χ4n) is 1.94. The molecular formula is C17H14Cl2FNO4. The summed E-state index contributed by atoms with van der Waals surface area (Å²) in [5, 5.41) is 2.86. The molecule has 0 heterocycles. The molecule has 2 rings (SSSR count). The summed E-state index contributed by atoms with van der Waals surface area (Å²) in [5.74, 6) is -1.61. The van der Waals surface area contributed by atoms with Gasteiger partial charge >= 0.3 is 5.97 Å². The van der Waals surface area contributed by atoms with Crippen LogP contribution in [0.5, 0.6) is 5.75 Å². The molecule has 1 amide bonds. The van der Waals surface area contributed by atoms with Crippen molar-refractivity contribution in [3.05, 3.63) is 57.8 Å². The molecular weight excluding hydrogens is 372 g/mol. The lowest BCUT2D eigenvalue weighted by Crippen LogP contribution is -2.30. The zero-order valence-electron chi connectivity index (χ0n) is 13.3. The van der Waals surface area contributed by atoms with Gasteiger partial charge in [-0.25, -0.2) is 9.18 Å². The fraction of sp³-hybridized carbons (Fsp3) is 0.176. The molecule has 5 nitrogen and oxygen atoms in total. The minimum atomic E-state index is -1.13. The van der Waals surface area contributed by atoms with Crippen LogP contribution in [0.3, 0.4) is 0 Å². The second kappa shape index (κ2) is 8.18. The molecule has 0 fully saturated rings. The molecule has 0 saturated heterocycles. The highest BCUT2D eigenvalue weighted by atomic mass is 35.5. The number of esters is 1. The Bertz CT molecular complexity index is 813. The van der Waals surface area contributed by atoms with E-state index in [1.54, 1.807) is 12.1 Å². The summed E-state index contributed by atoms with van der Waals surface area (Å²) in [4.78, 5) is 24.3. The van der Waals surface area contributed by atoms with Crippen molar-refractivity contribution in [2.24, 2.45) is 0 Å². The third kappa shape index (κ3) is 4.84. The molecule has 0 saturated carbocycles. The van der Waals surface area contributed by atoms with E-state index in [1.165, 1.54) is 26.2 Å².